The molecule has 0 radical (unpaired) electrons. The maximum atomic E-state index is 5.29. The molecule has 1 aliphatic carbocycles. The second kappa shape index (κ2) is 3.21. The average Bonchev–Trinajstić information content (AvgIpc) is 2.79. The van der Waals surface area contributed by atoms with Crippen LogP contribution in [0.1, 0.15) is 26.7 Å². The van der Waals surface area contributed by atoms with Gasteiger partial charge in [0.1, 0.15) is 0 Å². The van der Waals surface area contributed by atoms with Crippen molar-refractivity contribution in [2.45, 2.75) is 38.8 Å². The molecule has 2 heterocycles. The van der Waals surface area contributed by atoms with Crippen molar-refractivity contribution in [3.8, 4) is 0 Å². The van der Waals surface area contributed by atoms with E-state index in [0.717, 1.165) is 43.1 Å². The van der Waals surface area contributed by atoms with Crippen LogP contribution in [0.25, 0.3) is 0 Å². The first kappa shape index (κ1) is 9.17. The minimum atomic E-state index is 0.776. The highest BCUT2D eigenvalue weighted by Gasteiger charge is 2.52. The van der Waals surface area contributed by atoms with E-state index in [9.17, 15) is 0 Å². The van der Waals surface area contributed by atoms with Crippen LogP contribution in [0.2, 0.25) is 0 Å². The van der Waals surface area contributed by atoms with E-state index < -0.39 is 0 Å². The molecular formula is C12H21NO. The van der Waals surface area contributed by atoms with Crippen molar-refractivity contribution in [1.29, 1.82) is 0 Å². The van der Waals surface area contributed by atoms with Crippen LogP contribution in [0, 0.1) is 17.8 Å². The van der Waals surface area contributed by atoms with Gasteiger partial charge < -0.3 is 4.74 Å². The third kappa shape index (κ3) is 1.31. The molecule has 3 aliphatic rings. The summed E-state index contributed by atoms with van der Waals surface area (Å²) < 4.78 is 5.29. The summed E-state index contributed by atoms with van der Waals surface area (Å²) in [5.41, 5.74) is 0. The Labute approximate surface area is 86.6 Å². The van der Waals surface area contributed by atoms with Gasteiger partial charge in [0, 0.05) is 6.04 Å². The molecule has 2 aliphatic heterocycles. The third-order valence-electron chi connectivity index (χ3n) is 4.45. The highest BCUT2D eigenvalue weighted by Crippen LogP contribution is 2.50. The van der Waals surface area contributed by atoms with Crippen molar-refractivity contribution in [1.82, 2.24) is 4.90 Å². The molecule has 14 heavy (non-hydrogen) atoms. The monoisotopic (exact) mass is 195 g/mol. The molecule has 0 bridgehead atoms. The first-order valence-electron chi connectivity index (χ1n) is 6.11. The fourth-order valence-corrected chi connectivity index (χ4v) is 3.42. The van der Waals surface area contributed by atoms with E-state index in [1.165, 1.54) is 19.4 Å². The Hall–Kier alpha value is -0.0800. The fourth-order valence-electron chi connectivity index (χ4n) is 3.42. The van der Waals surface area contributed by atoms with Gasteiger partial charge in [-0.15, -0.1) is 0 Å². The van der Waals surface area contributed by atoms with Gasteiger partial charge >= 0.3 is 0 Å². The molecule has 2 heteroatoms. The predicted molar refractivity (Wildman–Crippen MR) is 56.2 cm³/mol. The van der Waals surface area contributed by atoms with Gasteiger partial charge in [0.2, 0.25) is 0 Å². The highest BCUT2D eigenvalue weighted by atomic mass is 16.5. The van der Waals surface area contributed by atoms with E-state index >= 15 is 0 Å². The number of piperidine rings is 1. The van der Waals surface area contributed by atoms with Crippen molar-refractivity contribution in [3.63, 3.8) is 0 Å². The number of hydrogen-bond acceptors (Lipinski definition) is 2. The largest absolute Gasteiger partial charge is 0.378 e. The van der Waals surface area contributed by atoms with Crippen LogP contribution >= 0.6 is 0 Å². The quantitative estimate of drug-likeness (QED) is 0.665. The molecular weight excluding hydrogens is 174 g/mol. The Bertz CT molecular complexity index is 224. The lowest BCUT2D eigenvalue weighted by molar-refractivity contribution is -0.0788. The molecule has 3 atom stereocenters. The van der Waals surface area contributed by atoms with Crippen LogP contribution in [-0.4, -0.2) is 36.7 Å². The zero-order valence-corrected chi connectivity index (χ0v) is 9.28. The molecule has 3 unspecified atom stereocenters. The number of likely N-dealkylation sites (tertiary alicyclic amines) is 1. The van der Waals surface area contributed by atoms with Gasteiger partial charge in [-0.05, 0) is 37.1 Å². The van der Waals surface area contributed by atoms with Crippen LogP contribution in [0.4, 0.5) is 0 Å². The molecule has 3 rings (SSSR count). The summed E-state index contributed by atoms with van der Waals surface area (Å²) in [6.07, 6.45) is 2.90. The third-order valence-corrected chi connectivity index (χ3v) is 4.45. The van der Waals surface area contributed by atoms with Gasteiger partial charge in [-0.3, -0.25) is 4.90 Å². The van der Waals surface area contributed by atoms with Crippen LogP contribution in [0.5, 0.6) is 0 Å². The van der Waals surface area contributed by atoms with E-state index in [4.69, 9.17) is 4.74 Å². The molecule has 0 spiro atoms. The van der Waals surface area contributed by atoms with Gasteiger partial charge in [0.15, 0.2) is 0 Å². The summed E-state index contributed by atoms with van der Waals surface area (Å²) in [6.45, 7) is 8.10. The van der Waals surface area contributed by atoms with Crippen LogP contribution in [0.15, 0.2) is 0 Å². The zero-order valence-electron chi connectivity index (χ0n) is 9.28. The molecule has 0 N–H and O–H groups in total. The maximum absolute atomic E-state index is 5.29. The molecule has 3 fully saturated rings. The lowest BCUT2D eigenvalue weighted by Crippen LogP contribution is -2.53. The van der Waals surface area contributed by atoms with Crippen molar-refractivity contribution in [2.75, 3.05) is 19.8 Å². The first-order chi connectivity index (χ1) is 6.77. The molecule has 2 nitrogen and oxygen atoms in total. The molecule has 80 valence electrons. The molecule has 1 saturated carbocycles. The number of rotatable bonds is 2. The number of nitrogens with zero attached hydrogens (tertiary/aromatic N) is 1. The summed E-state index contributed by atoms with van der Waals surface area (Å²) in [5.74, 6) is 2.94. The summed E-state index contributed by atoms with van der Waals surface area (Å²) in [7, 11) is 0. The van der Waals surface area contributed by atoms with E-state index in [1.54, 1.807) is 0 Å². The van der Waals surface area contributed by atoms with Crippen LogP contribution in [0.3, 0.4) is 0 Å². The lowest BCUT2D eigenvalue weighted by atomic mass is 9.85. The SMILES string of the molecule is CC(C)C1CCN(C2COC2)C2CC12. The maximum Gasteiger partial charge on any atom is 0.0645 e. The summed E-state index contributed by atoms with van der Waals surface area (Å²) in [4.78, 5) is 2.73. The molecule has 0 aromatic carbocycles. The summed E-state index contributed by atoms with van der Waals surface area (Å²) in [6, 6.07) is 1.71. The van der Waals surface area contributed by atoms with Gasteiger partial charge in [0.05, 0.1) is 19.3 Å². The smallest absolute Gasteiger partial charge is 0.0645 e. The van der Waals surface area contributed by atoms with Crippen molar-refractivity contribution < 1.29 is 4.74 Å². The van der Waals surface area contributed by atoms with Gasteiger partial charge in [-0.25, -0.2) is 0 Å². The van der Waals surface area contributed by atoms with Crippen molar-refractivity contribution >= 4 is 0 Å². The zero-order chi connectivity index (χ0) is 9.71. The van der Waals surface area contributed by atoms with E-state index in [2.05, 4.69) is 18.7 Å². The minimum absolute atomic E-state index is 0.776. The Kier molecular flexibility index (Phi) is 2.10. The second-order valence-electron chi connectivity index (χ2n) is 5.59. The predicted octanol–water partition coefficient (Wildman–Crippen LogP) is 1.75. The normalized spacial score (nSPS) is 43.5. The average molecular weight is 195 g/mol. The van der Waals surface area contributed by atoms with Crippen LogP contribution < -0.4 is 0 Å². The number of ether oxygens (including phenoxy) is 1. The van der Waals surface area contributed by atoms with Crippen LogP contribution in [-0.2, 0) is 4.74 Å². The topological polar surface area (TPSA) is 12.5 Å². The second-order valence-corrected chi connectivity index (χ2v) is 5.59. The molecule has 0 aromatic heterocycles. The summed E-state index contributed by atoms with van der Waals surface area (Å²) >= 11 is 0. The lowest BCUT2D eigenvalue weighted by Gasteiger charge is -2.42. The Morgan fingerprint density at radius 3 is 2.64 bits per heavy atom. The fraction of sp³-hybridized carbons (Fsp3) is 1.00. The van der Waals surface area contributed by atoms with E-state index in [1.807, 2.05) is 0 Å². The highest BCUT2D eigenvalue weighted by molar-refractivity contribution is 5.05. The van der Waals surface area contributed by atoms with Crippen molar-refractivity contribution in [2.24, 2.45) is 17.8 Å². The van der Waals surface area contributed by atoms with Gasteiger partial charge in [0.25, 0.3) is 0 Å². The first-order valence-corrected chi connectivity index (χ1v) is 6.11. The minimum Gasteiger partial charge on any atom is -0.378 e. The van der Waals surface area contributed by atoms with Gasteiger partial charge in [-0.2, -0.15) is 0 Å². The molecule has 0 aromatic rings. The summed E-state index contributed by atoms with van der Waals surface area (Å²) in [5, 5.41) is 0. The Morgan fingerprint density at radius 1 is 1.29 bits per heavy atom. The Balaban J connectivity index is 1.62. The van der Waals surface area contributed by atoms with E-state index in [0.29, 0.717) is 0 Å². The number of fused-ring (bicyclic) bond motifs is 1. The Morgan fingerprint density at radius 2 is 2.07 bits per heavy atom. The van der Waals surface area contributed by atoms with Crippen molar-refractivity contribution in [3.05, 3.63) is 0 Å². The standard InChI is InChI=1S/C12H21NO/c1-8(2)10-3-4-13(9-6-14-7-9)12-5-11(10)12/h8-12H,3-7H2,1-2H3. The van der Waals surface area contributed by atoms with E-state index in [-0.39, 0.29) is 0 Å². The molecule has 2 saturated heterocycles. The molecule has 0 amide bonds. The number of hydrogen-bond donors (Lipinski definition) is 0. The van der Waals surface area contributed by atoms with Gasteiger partial charge in [-0.1, -0.05) is 13.8 Å².